The number of benzene rings is 9. The molecule has 0 radical (unpaired) electrons. The molecule has 0 spiro atoms. The number of para-hydroxylation sites is 3. The first-order chi connectivity index (χ1) is 23.1. The lowest BCUT2D eigenvalue weighted by molar-refractivity contribution is 0.652. The first-order valence-corrected chi connectivity index (χ1v) is 16.5. The largest absolute Gasteiger partial charge is 0.454 e. The maximum absolute atomic E-state index is 6.72. The van der Waals surface area contributed by atoms with E-state index in [0.29, 0.717) is 0 Å². The molecule has 220 valence electrons. The smallest absolute Gasteiger partial charge is 0.159 e. The number of fused-ring (bicyclic) bond motifs is 4. The third-order valence-corrected chi connectivity index (χ3v) is 10.9. The van der Waals surface area contributed by atoms with Gasteiger partial charge in [0.05, 0.1) is 11.4 Å². The number of rotatable bonds is 3. The number of hydrogen-bond acceptors (Lipinski definition) is 2. The van der Waals surface area contributed by atoms with Crippen LogP contribution in [0.4, 0.5) is 17.1 Å². The quantitative estimate of drug-likeness (QED) is 0.148. The molecule has 11 rings (SSSR count). The van der Waals surface area contributed by atoms with Crippen molar-refractivity contribution in [2.75, 3.05) is 4.90 Å². The summed E-state index contributed by atoms with van der Waals surface area (Å²) in [6.45, 7) is 4.80. The maximum Gasteiger partial charge on any atom is 0.159 e. The third kappa shape index (κ3) is 3.06. The van der Waals surface area contributed by atoms with E-state index in [-0.39, 0.29) is 5.41 Å². The van der Waals surface area contributed by atoms with Crippen molar-refractivity contribution in [2.24, 2.45) is 0 Å². The second-order valence-electron chi connectivity index (χ2n) is 13.6. The van der Waals surface area contributed by atoms with E-state index in [1.54, 1.807) is 0 Å². The molecule has 2 nitrogen and oxygen atoms in total. The molecule has 47 heavy (non-hydrogen) atoms. The number of furan rings is 1. The second kappa shape index (κ2) is 8.69. The third-order valence-electron chi connectivity index (χ3n) is 10.9. The van der Waals surface area contributed by atoms with Gasteiger partial charge >= 0.3 is 0 Å². The van der Waals surface area contributed by atoms with E-state index in [1.807, 2.05) is 6.07 Å². The van der Waals surface area contributed by atoms with Crippen molar-refractivity contribution in [3.63, 3.8) is 0 Å². The van der Waals surface area contributed by atoms with Crippen LogP contribution in [0.15, 0.2) is 144 Å². The highest BCUT2D eigenvalue weighted by atomic mass is 16.3. The van der Waals surface area contributed by atoms with E-state index >= 15 is 0 Å². The molecule has 0 fully saturated rings. The van der Waals surface area contributed by atoms with Crippen LogP contribution in [0.1, 0.15) is 25.0 Å². The summed E-state index contributed by atoms with van der Waals surface area (Å²) in [5.74, 6) is 0. The standard InChI is InChI=1S/C45H29NO/c1-45(2)34-21-10-20-33-40(34)42-39-30(29-16-8-12-26-24-25-35(45)41(42)38(26)29)17-9-19-32(39)43(33)46(27-13-4-3-5-14-27)36-22-11-18-31-28-15-6-7-23-37(28)47-44(31)36/h3-25H,1-2H3. The minimum atomic E-state index is -0.170. The highest BCUT2D eigenvalue weighted by Gasteiger charge is 2.36. The Morgan fingerprint density at radius 3 is 1.96 bits per heavy atom. The van der Waals surface area contributed by atoms with Gasteiger partial charge in [0.25, 0.3) is 0 Å². The molecular formula is C45H29NO. The van der Waals surface area contributed by atoms with Crippen molar-refractivity contribution in [1.29, 1.82) is 0 Å². The summed E-state index contributed by atoms with van der Waals surface area (Å²) in [6, 6.07) is 51.1. The maximum atomic E-state index is 6.72. The first kappa shape index (κ1) is 25.3. The van der Waals surface area contributed by atoms with Gasteiger partial charge in [0.15, 0.2) is 5.58 Å². The Morgan fingerprint density at radius 2 is 1.09 bits per heavy atom. The Bertz CT molecular complexity index is 2930. The molecule has 10 aromatic rings. The summed E-state index contributed by atoms with van der Waals surface area (Å²) in [7, 11) is 0. The summed E-state index contributed by atoms with van der Waals surface area (Å²) >= 11 is 0. The van der Waals surface area contributed by atoms with Crippen LogP contribution >= 0.6 is 0 Å². The number of hydrogen-bond donors (Lipinski definition) is 0. The number of nitrogens with zero attached hydrogens (tertiary/aromatic N) is 1. The molecule has 0 aliphatic heterocycles. The molecule has 1 heterocycles. The van der Waals surface area contributed by atoms with Gasteiger partial charge < -0.3 is 9.32 Å². The lowest BCUT2D eigenvalue weighted by atomic mass is 9.68. The molecule has 1 aromatic heterocycles. The molecule has 1 aliphatic rings. The Hall–Kier alpha value is -5.86. The number of anilines is 3. The van der Waals surface area contributed by atoms with Crippen molar-refractivity contribution in [3.05, 3.63) is 151 Å². The van der Waals surface area contributed by atoms with Gasteiger partial charge in [-0.25, -0.2) is 0 Å². The zero-order valence-corrected chi connectivity index (χ0v) is 26.1. The monoisotopic (exact) mass is 599 g/mol. The summed E-state index contributed by atoms with van der Waals surface area (Å²) < 4.78 is 6.72. The summed E-state index contributed by atoms with van der Waals surface area (Å²) in [6.07, 6.45) is 0. The van der Waals surface area contributed by atoms with Gasteiger partial charge in [-0.05, 0) is 73.1 Å². The Balaban J connectivity index is 1.41. The lowest BCUT2D eigenvalue weighted by Gasteiger charge is -2.37. The lowest BCUT2D eigenvalue weighted by Crippen LogP contribution is -2.23. The van der Waals surface area contributed by atoms with E-state index in [1.165, 1.54) is 70.7 Å². The topological polar surface area (TPSA) is 16.4 Å². The Kier molecular flexibility index (Phi) is 4.68. The van der Waals surface area contributed by atoms with E-state index < -0.39 is 0 Å². The molecule has 0 saturated heterocycles. The predicted octanol–water partition coefficient (Wildman–Crippen LogP) is 12.9. The van der Waals surface area contributed by atoms with Crippen LogP contribution in [0.3, 0.4) is 0 Å². The zero-order chi connectivity index (χ0) is 31.0. The molecule has 0 bridgehead atoms. The fraction of sp³-hybridized carbons (Fsp3) is 0.0667. The second-order valence-corrected chi connectivity index (χ2v) is 13.6. The summed E-state index contributed by atoms with van der Waals surface area (Å²) in [5.41, 5.74) is 7.74. The Morgan fingerprint density at radius 1 is 0.447 bits per heavy atom. The molecule has 0 saturated carbocycles. The van der Waals surface area contributed by atoms with E-state index in [9.17, 15) is 0 Å². The van der Waals surface area contributed by atoms with Gasteiger partial charge in [-0.3, -0.25) is 0 Å². The van der Waals surface area contributed by atoms with E-state index in [4.69, 9.17) is 4.42 Å². The first-order valence-electron chi connectivity index (χ1n) is 16.5. The van der Waals surface area contributed by atoms with Crippen LogP contribution in [0.2, 0.25) is 0 Å². The van der Waals surface area contributed by atoms with Crippen molar-refractivity contribution >= 4 is 92.9 Å². The van der Waals surface area contributed by atoms with Crippen molar-refractivity contribution in [1.82, 2.24) is 0 Å². The van der Waals surface area contributed by atoms with E-state index in [0.717, 1.165) is 33.3 Å². The zero-order valence-electron chi connectivity index (χ0n) is 26.1. The van der Waals surface area contributed by atoms with Gasteiger partial charge in [0.2, 0.25) is 0 Å². The fourth-order valence-corrected chi connectivity index (χ4v) is 8.95. The average Bonchev–Trinajstić information content (AvgIpc) is 3.50. The highest BCUT2D eigenvalue weighted by Crippen LogP contribution is 2.57. The van der Waals surface area contributed by atoms with Crippen LogP contribution in [-0.4, -0.2) is 0 Å². The minimum absolute atomic E-state index is 0.170. The van der Waals surface area contributed by atoms with Crippen molar-refractivity contribution in [3.8, 4) is 0 Å². The molecule has 9 aromatic carbocycles. The minimum Gasteiger partial charge on any atom is -0.454 e. The fourth-order valence-electron chi connectivity index (χ4n) is 8.95. The van der Waals surface area contributed by atoms with Gasteiger partial charge in [-0.15, -0.1) is 0 Å². The van der Waals surface area contributed by atoms with Crippen LogP contribution in [-0.2, 0) is 5.41 Å². The molecule has 0 amide bonds. The molecule has 0 unspecified atom stereocenters. The molecule has 0 atom stereocenters. The van der Waals surface area contributed by atoms with Gasteiger partial charge in [-0.1, -0.05) is 129 Å². The average molecular weight is 600 g/mol. The van der Waals surface area contributed by atoms with Crippen molar-refractivity contribution < 1.29 is 4.42 Å². The van der Waals surface area contributed by atoms with E-state index in [2.05, 4.69) is 152 Å². The molecular weight excluding hydrogens is 571 g/mol. The molecule has 1 aliphatic carbocycles. The SMILES string of the molecule is CC1(C)c2cccc3c(N(c4ccccc4)c4cccc5c4oc4ccccc45)c4cccc5c6cccc7ccc1c(c76)c(c23)c45. The Labute approximate surface area is 271 Å². The van der Waals surface area contributed by atoms with Crippen LogP contribution in [0.5, 0.6) is 0 Å². The summed E-state index contributed by atoms with van der Waals surface area (Å²) in [5, 5.41) is 15.6. The van der Waals surface area contributed by atoms with Gasteiger partial charge in [0.1, 0.15) is 5.58 Å². The van der Waals surface area contributed by atoms with Crippen molar-refractivity contribution in [2.45, 2.75) is 19.3 Å². The van der Waals surface area contributed by atoms with Gasteiger partial charge in [-0.2, -0.15) is 0 Å². The highest BCUT2D eigenvalue weighted by molar-refractivity contribution is 6.42. The normalized spacial score (nSPS) is 13.9. The summed E-state index contributed by atoms with van der Waals surface area (Å²) in [4.78, 5) is 2.45. The van der Waals surface area contributed by atoms with Crippen LogP contribution in [0, 0.1) is 0 Å². The predicted molar refractivity (Wildman–Crippen MR) is 199 cm³/mol. The molecule has 2 heteroatoms. The van der Waals surface area contributed by atoms with Crippen LogP contribution in [0.25, 0.3) is 75.8 Å². The van der Waals surface area contributed by atoms with Gasteiger partial charge in [0, 0.05) is 38.0 Å². The molecule has 0 N–H and O–H groups in total. The van der Waals surface area contributed by atoms with Crippen LogP contribution < -0.4 is 4.90 Å².